The topological polar surface area (TPSA) is 69.4 Å². The molecule has 2 aromatic rings. The summed E-state index contributed by atoms with van der Waals surface area (Å²) >= 11 is 11.5. The van der Waals surface area contributed by atoms with Crippen molar-refractivity contribution in [3.05, 3.63) is 57.1 Å². The number of hydrogen-bond donors (Lipinski definition) is 0. The van der Waals surface area contributed by atoms with Gasteiger partial charge in [-0.15, -0.1) is 0 Å². The largest absolute Gasteiger partial charge is 0.456 e. The summed E-state index contributed by atoms with van der Waals surface area (Å²) in [6.07, 6.45) is -4.56. The lowest BCUT2D eigenvalue weighted by Gasteiger charge is -2.12. The molecule has 0 aliphatic rings. The molecule has 0 saturated carbocycles. The summed E-state index contributed by atoms with van der Waals surface area (Å²) in [5.74, 6) is -0.111. The molecule has 0 aliphatic carbocycles. The van der Waals surface area contributed by atoms with Gasteiger partial charge < -0.3 is 9.30 Å². The van der Waals surface area contributed by atoms with Crippen molar-refractivity contribution in [3.63, 3.8) is 0 Å². The van der Waals surface area contributed by atoms with Crippen LogP contribution in [0.4, 0.5) is 18.9 Å². The molecule has 0 aliphatic heterocycles. The van der Waals surface area contributed by atoms with Crippen molar-refractivity contribution in [1.82, 2.24) is 0 Å². The van der Waals surface area contributed by atoms with Crippen molar-refractivity contribution < 1.29 is 27.4 Å². The minimum Gasteiger partial charge on any atom is -0.456 e. The molecule has 0 fully saturated rings. The highest BCUT2D eigenvalue weighted by atomic mass is 35.7. The van der Waals surface area contributed by atoms with Gasteiger partial charge in [-0.3, -0.25) is 10.1 Å². The van der Waals surface area contributed by atoms with Gasteiger partial charge in [0.2, 0.25) is 6.49 Å². The molecular weight excluding hydrogens is 405 g/mol. The molecule has 5 nitrogen and oxygen atoms in total. The second-order valence-corrected chi connectivity index (χ2v) is 9.44. The maximum Gasteiger partial charge on any atom is 0.416 e. The molecule has 25 heavy (non-hydrogen) atoms. The number of nitro groups is 1. The molecule has 0 bridgehead atoms. The highest BCUT2D eigenvalue weighted by Gasteiger charge is 2.31. The summed E-state index contributed by atoms with van der Waals surface area (Å²) in [7, 11) is 0. The number of halogens is 5. The van der Waals surface area contributed by atoms with E-state index < -0.39 is 28.8 Å². The summed E-state index contributed by atoms with van der Waals surface area (Å²) in [4.78, 5) is 10.2. The van der Waals surface area contributed by atoms with Crippen LogP contribution in [0.2, 0.25) is 5.02 Å². The summed E-state index contributed by atoms with van der Waals surface area (Å²) in [6.45, 7) is -2.38. The number of ether oxygens (including phenoxy) is 1. The van der Waals surface area contributed by atoms with Crippen LogP contribution in [0, 0.1) is 10.1 Å². The Labute approximate surface area is 149 Å². The number of nitro benzene ring substituents is 1. The zero-order valence-corrected chi connectivity index (χ0v) is 14.8. The third kappa shape index (κ3) is 4.66. The Morgan fingerprint density at radius 2 is 1.84 bits per heavy atom. The van der Waals surface area contributed by atoms with Gasteiger partial charge in [-0.25, -0.2) is 0 Å². The average molecular weight is 414 g/mol. The first-order valence-corrected chi connectivity index (χ1v) is 9.94. The molecule has 0 spiro atoms. The maximum absolute atomic E-state index is 12.6. The number of rotatable bonds is 4. The first-order valence-electron chi connectivity index (χ1n) is 6.50. The van der Waals surface area contributed by atoms with Crippen molar-refractivity contribution in [2.24, 2.45) is 0 Å². The molecule has 134 valence electrons. The Morgan fingerprint density at radius 1 is 1.20 bits per heavy atom. The molecule has 0 heterocycles. The second-order valence-electron chi connectivity index (χ2n) is 4.97. The van der Waals surface area contributed by atoms with Crippen LogP contribution >= 0.6 is 29.3 Å². The first-order chi connectivity index (χ1) is 11.4. The van der Waals surface area contributed by atoms with E-state index in [1.165, 1.54) is 6.07 Å². The summed E-state index contributed by atoms with van der Waals surface area (Å²) in [5, 5.41) is 10.4. The van der Waals surface area contributed by atoms with Gasteiger partial charge >= 0.3 is 6.18 Å². The quantitative estimate of drug-likeness (QED) is 0.359. The van der Waals surface area contributed by atoms with Crippen molar-refractivity contribution in [2.75, 3.05) is 6.66 Å². The number of hydrogen-bond acceptors (Lipinski definition) is 4. The Bertz CT molecular complexity index is 883. The monoisotopic (exact) mass is 413 g/mol. The van der Waals surface area contributed by atoms with E-state index >= 15 is 0 Å². The lowest BCUT2D eigenvalue weighted by Crippen LogP contribution is -2.08. The molecule has 0 N–H and O–H groups in total. The zero-order chi connectivity index (χ0) is 19.0. The predicted octanol–water partition coefficient (Wildman–Crippen LogP) is 5.83. The molecule has 0 radical (unpaired) electrons. The minimum atomic E-state index is -4.56. The fourth-order valence-corrected chi connectivity index (χ4v) is 3.48. The van der Waals surface area contributed by atoms with E-state index in [2.05, 4.69) is 0 Å². The van der Waals surface area contributed by atoms with Crippen LogP contribution in [0.3, 0.4) is 0 Å². The molecule has 1 unspecified atom stereocenters. The summed E-state index contributed by atoms with van der Waals surface area (Å²) in [5.41, 5.74) is -1.40. The fraction of sp³-hybridized carbons (Fsp3) is 0.143. The van der Waals surface area contributed by atoms with Gasteiger partial charge in [0.25, 0.3) is 5.69 Å². The fourth-order valence-electron chi connectivity index (χ4n) is 1.93. The van der Waals surface area contributed by atoms with Crippen molar-refractivity contribution in [2.45, 2.75) is 6.18 Å². The van der Waals surface area contributed by atoms with Crippen LogP contribution in [0.25, 0.3) is 0 Å². The molecule has 0 amide bonds. The Hall–Kier alpha value is -1.76. The molecule has 1 atom stereocenters. The highest BCUT2D eigenvalue weighted by molar-refractivity contribution is 7.94. The number of alkyl halides is 3. The van der Waals surface area contributed by atoms with E-state index in [1.807, 2.05) is 0 Å². The lowest BCUT2D eigenvalue weighted by molar-refractivity contribution is -0.383. The lowest BCUT2D eigenvalue weighted by atomic mass is 10.2. The van der Waals surface area contributed by atoms with Crippen molar-refractivity contribution >= 4 is 40.3 Å². The van der Waals surface area contributed by atoms with Gasteiger partial charge in [0.1, 0.15) is 16.8 Å². The number of nitrogens with zero attached hydrogens (tertiary/aromatic N) is 1. The molecule has 0 saturated heterocycles. The number of benzene rings is 2. The third-order valence-corrected chi connectivity index (χ3v) is 5.12. The first kappa shape index (κ1) is 19.6. The molecule has 0 aromatic heterocycles. The van der Waals surface area contributed by atoms with Gasteiger partial charge in [-0.05, 0) is 41.6 Å². The van der Waals surface area contributed by atoms with Crippen LogP contribution in [-0.2, 0) is 10.7 Å². The highest BCUT2D eigenvalue weighted by Crippen LogP contribution is 2.49. The molecule has 11 heteroatoms. The van der Waals surface area contributed by atoms with Crippen LogP contribution < -0.4 is 10.0 Å². The predicted molar refractivity (Wildman–Crippen MR) is 88.6 cm³/mol. The van der Waals surface area contributed by atoms with E-state index in [4.69, 9.17) is 27.6 Å². The Balaban J connectivity index is 2.42. The summed E-state index contributed by atoms with van der Waals surface area (Å²) < 4.78 is 55.2. The van der Waals surface area contributed by atoms with Gasteiger partial charge in [-0.1, -0.05) is 11.6 Å². The molecule has 2 aromatic carbocycles. The minimum absolute atomic E-state index is 0.00927. The normalized spacial score (nSPS) is 14.0. The van der Waals surface area contributed by atoms with E-state index in [-0.39, 0.29) is 21.8 Å². The molecular formula is C14H9Cl2F3NO4P. The maximum atomic E-state index is 12.6. The summed E-state index contributed by atoms with van der Waals surface area (Å²) in [6, 6.07) is 5.82. The van der Waals surface area contributed by atoms with Crippen LogP contribution in [0.15, 0.2) is 36.4 Å². The molecule has 2 rings (SSSR count). The standard InChI is InChI=1S/C14H9Cl2F3NO4P/c1-25(16,23)13-7-9(3-4-11(13)20(21)22)24-12-5-2-8(6-10(12)15)14(17,18)19/h2-7H,1H3. The smallest absolute Gasteiger partial charge is 0.416 e. The van der Waals surface area contributed by atoms with Crippen molar-refractivity contribution in [1.29, 1.82) is 0 Å². The van der Waals surface area contributed by atoms with Gasteiger partial charge in [0.15, 0.2) is 0 Å². The van der Waals surface area contributed by atoms with E-state index in [0.717, 1.165) is 30.9 Å². The van der Waals surface area contributed by atoms with E-state index in [1.54, 1.807) is 0 Å². The van der Waals surface area contributed by atoms with Gasteiger partial charge in [0, 0.05) is 12.7 Å². The SMILES string of the molecule is CP(=O)(Cl)c1cc(Oc2ccc(C(F)(F)F)cc2Cl)ccc1[N+](=O)[O-]. The van der Waals surface area contributed by atoms with Crippen LogP contribution in [0.1, 0.15) is 5.56 Å². The van der Waals surface area contributed by atoms with Gasteiger partial charge in [0.05, 0.1) is 15.5 Å². The van der Waals surface area contributed by atoms with Crippen molar-refractivity contribution in [3.8, 4) is 11.5 Å². The van der Waals surface area contributed by atoms with E-state index in [0.29, 0.717) is 6.07 Å². The Morgan fingerprint density at radius 3 is 2.32 bits per heavy atom. The zero-order valence-electron chi connectivity index (χ0n) is 12.4. The van der Waals surface area contributed by atoms with Crippen LogP contribution in [0.5, 0.6) is 11.5 Å². The third-order valence-electron chi connectivity index (χ3n) is 3.06. The second kappa shape index (κ2) is 6.86. The van der Waals surface area contributed by atoms with Crippen LogP contribution in [-0.4, -0.2) is 11.6 Å². The van der Waals surface area contributed by atoms with E-state index in [9.17, 15) is 27.9 Å². The Kier molecular flexibility index (Phi) is 5.37. The van der Waals surface area contributed by atoms with Gasteiger partial charge in [-0.2, -0.15) is 13.2 Å². The average Bonchev–Trinajstić information content (AvgIpc) is 2.47.